The van der Waals surface area contributed by atoms with Crippen molar-refractivity contribution < 1.29 is 23.8 Å². The Balaban J connectivity index is 1.56. The Bertz CT molecular complexity index is 1760. The third-order valence-electron chi connectivity index (χ3n) is 7.24. The Kier molecular flexibility index (Phi) is 5.56. The van der Waals surface area contributed by atoms with Crippen LogP contribution < -0.4 is 9.64 Å². The summed E-state index contributed by atoms with van der Waals surface area (Å²) in [5.41, 5.74) is 4.52. The van der Waals surface area contributed by atoms with Gasteiger partial charge in [0, 0.05) is 33.2 Å². The summed E-state index contributed by atoms with van der Waals surface area (Å²) in [5, 5.41) is 12.8. The Hall–Kier alpha value is -4.78. The van der Waals surface area contributed by atoms with Gasteiger partial charge in [0.05, 0.1) is 18.7 Å². The average molecular weight is 507 g/mol. The predicted octanol–water partition coefficient (Wildman–Crippen LogP) is 6.58. The van der Waals surface area contributed by atoms with E-state index in [4.69, 9.17) is 9.15 Å². The molecule has 3 aromatic carbocycles. The van der Waals surface area contributed by atoms with Crippen molar-refractivity contribution in [3.8, 4) is 5.75 Å². The molecule has 0 saturated heterocycles. The Morgan fingerprint density at radius 2 is 1.84 bits per heavy atom. The molecule has 0 bridgehead atoms. The molecule has 1 amide bonds. The number of ether oxygens (including phenoxy) is 1. The van der Waals surface area contributed by atoms with Gasteiger partial charge in [-0.15, -0.1) is 0 Å². The van der Waals surface area contributed by atoms with Crippen molar-refractivity contribution in [2.24, 2.45) is 0 Å². The minimum Gasteiger partial charge on any atom is -0.503 e. The first-order valence-corrected chi connectivity index (χ1v) is 12.5. The summed E-state index contributed by atoms with van der Waals surface area (Å²) in [6, 6.07) is 21.4. The number of rotatable bonds is 6. The van der Waals surface area contributed by atoms with Crippen LogP contribution in [0.4, 0.5) is 5.69 Å². The number of H-pyrrole nitrogens is 1. The maximum Gasteiger partial charge on any atom is 0.294 e. The van der Waals surface area contributed by atoms with Crippen molar-refractivity contribution in [3.63, 3.8) is 0 Å². The molecule has 2 aromatic heterocycles. The SMILES string of the molecule is CCc1ccc(N2C(=O)C(O)=C(C(=O)c3cc4cccc(OC)c4o3)C2c2c(C)[nH]c3ccccc23)cc1. The fraction of sp³-hybridized carbons (Fsp3) is 0.161. The van der Waals surface area contributed by atoms with Gasteiger partial charge in [0.2, 0.25) is 5.78 Å². The van der Waals surface area contributed by atoms with Gasteiger partial charge in [-0.3, -0.25) is 14.5 Å². The van der Waals surface area contributed by atoms with Crippen LogP contribution in [0.2, 0.25) is 0 Å². The summed E-state index contributed by atoms with van der Waals surface area (Å²) in [7, 11) is 1.53. The summed E-state index contributed by atoms with van der Waals surface area (Å²) >= 11 is 0. The van der Waals surface area contributed by atoms with E-state index in [1.165, 1.54) is 12.0 Å². The summed E-state index contributed by atoms with van der Waals surface area (Å²) < 4.78 is 11.3. The number of methoxy groups -OCH3 is 1. The first kappa shape index (κ1) is 23.6. The molecule has 1 unspecified atom stereocenters. The number of hydrogen-bond donors (Lipinski definition) is 2. The average Bonchev–Trinajstić information content (AvgIpc) is 3.59. The van der Waals surface area contributed by atoms with E-state index in [0.717, 1.165) is 34.1 Å². The van der Waals surface area contributed by atoms with Gasteiger partial charge in [-0.1, -0.05) is 49.4 Å². The van der Waals surface area contributed by atoms with Gasteiger partial charge in [-0.25, -0.2) is 0 Å². The molecule has 1 aliphatic rings. The molecule has 1 aliphatic heterocycles. The van der Waals surface area contributed by atoms with Crippen LogP contribution in [-0.4, -0.2) is 28.9 Å². The number of aromatic amines is 1. The van der Waals surface area contributed by atoms with Gasteiger partial charge in [-0.2, -0.15) is 0 Å². The predicted molar refractivity (Wildman–Crippen MR) is 146 cm³/mol. The first-order chi connectivity index (χ1) is 18.4. The molecule has 0 spiro atoms. The third-order valence-corrected chi connectivity index (χ3v) is 7.24. The van der Waals surface area contributed by atoms with Crippen molar-refractivity contribution >= 4 is 39.2 Å². The number of aryl methyl sites for hydroxylation is 2. The number of fused-ring (bicyclic) bond motifs is 2. The Morgan fingerprint density at radius 3 is 2.58 bits per heavy atom. The molecule has 3 heterocycles. The number of amides is 1. The number of nitrogens with zero attached hydrogens (tertiary/aromatic N) is 1. The number of carbonyl (C=O) groups is 2. The van der Waals surface area contributed by atoms with Gasteiger partial charge in [0.1, 0.15) is 0 Å². The standard InChI is InChI=1S/C31H26N2O5/c1-4-18-12-14-20(15-13-18)33-27(25-17(2)32-22-10-6-5-9-21(22)25)26(29(35)31(33)36)28(34)24-16-19-8-7-11-23(37-3)30(19)38-24/h5-16,27,32,35H,4H2,1-3H3. The molecular weight excluding hydrogens is 480 g/mol. The lowest BCUT2D eigenvalue weighted by molar-refractivity contribution is -0.117. The number of hydrogen-bond acceptors (Lipinski definition) is 5. The second kappa shape index (κ2) is 8.95. The van der Waals surface area contributed by atoms with Gasteiger partial charge in [0.15, 0.2) is 22.9 Å². The van der Waals surface area contributed by atoms with E-state index in [-0.39, 0.29) is 11.3 Å². The zero-order valence-electron chi connectivity index (χ0n) is 21.2. The van der Waals surface area contributed by atoms with Crippen LogP contribution in [0.5, 0.6) is 5.75 Å². The van der Waals surface area contributed by atoms with E-state index < -0.39 is 23.5 Å². The van der Waals surface area contributed by atoms with Crippen LogP contribution in [0.3, 0.4) is 0 Å². The largest absolute Gasteiger partial charge is 0.503 e. The van der Waals surface area contributed by atoms with E-state index in [0.29, 0.717) is 22.4 Å². The highest BCUT2D eigenvalue weighted by Gasteiger charge is 2.46. The number of anilines is 1. The molecule has 6 rings (SSSR count). The van der Waals surface area contributed by atoms with E-state index >= 15 is 0 Å². The monoisotopic (exact) mass is 506 g/mol. The smallest absolute Gasteiger partial charge is 0.294 e. The Labute approximate surface area is 218 Å². The molecule has 5 aromatic rings. The minimum atomic E-state index is -0.867. The first-order valence-electron chi connectivity index (χ1n) is 12.5. The summed E-state index contributed by atoms with van der Waals surface area (Å²) in [6.07, 6.45) is 0.849. The van der Waals surface area contributed by atoms with Crippen LogP contribution in [-0.2, 0) is 11.2 Å². The van der Waals surface area contributed by atoms with E-state index in [1.54, 1.807) is 18.2 Å². The lowest BCUT2D eigenvalue weighted by Crippen LogP contribution is -2.31. The van der Waals surface area contributed by atoms with Crippen molar-refractivity contribution in [3.05, 3.63) is 107 Å². The van der Waals surface area contributed by atoms with Gasteiger partial charge < -0.3 is 19.2 Å². The van der Waals surface area contributed by atoms with Crippen molar-refractivity contribution in [1.29, 1.82) is 0 Å². The number of furan rings is 1. The van der Waals surface area contributed by atoms with Crippen molar-refractivity contribution in [2.45, 2.75) is 26.3 Å². The van der Waals surface area contributed by atoms with Crippen molar-refractivity contribution in [1.82, 2.24) is 4.98 Å². The number of Topliss-reactive ketones (excluding diaryl/α,β-unsaturated/α-hetero) is 1. The van der Waals surface area contributed by atoms with E-state index in [9.17, 15) is 14.7 Å². The normalized spacial score (nSPS) is 15.7. The highest BCUT2D eigenvalue weighted by Crippen LogP contribution is 2.45. The number of carbonyl (C=O) groups excluding carboxylic acids is 2. The number of para-hydroxylation sites is 2. The van der Waals surface area contributed by atoms with Crippen LogP contribution in [0.15, 0.2) is 88.5 Å². The highest BCUT2D eigenvalue weighted by molar-refractivity contribution is 6.21. The molecule has 2 N–H and O–H groups in total. The highest BCUT2D eigenvalue weighted by atomic mass is 16.5. The number of aliphatic hydroxyl groups is 1. The lowest BCUT2D eigenvalue weighted by Gasteiger charge is -2.27. The minimum absolute atomic E-state index is 0.0181. The number of nitrogens with one attached hydrogen (secondary N) is 1. The molecule has 0 fully saturated rings. The van der Waals surface area contributed by atoms with Crippen LogP contribution >= 0.6 is 0 Å². The molecule has 190 valence electrons. The van der Waals surface area contributed by atoms with Crippen LogP contribution in [0.1, 0.15) is 40.3 Å². The second-order valence-corrected chi connectivity index (χ2v) is 9.39. The molecule has 7 nitrogen and oxygen atoms in total. The van der Waals surface area contributed by atoms with Crippen LogP contribution in [0, 0.1) is 6.92 Å². The fourth-order valence-electron chi connectivity index (χ4n) is 5.36. The fourth-order valence-corrected chi connectivity index (χ4v) is 5.36. The summed E-state index contributed by atoms with van der Waals surface area (Å²) in [5.74, 6) is -1.28. The number of aromatic nitrogens is 1. The quantitative estimate of drug-likeness (QED) is 0.254. The molecular formula is C31H26N2O5. The topological polar surface area (TPSA) is 95.8 Å². The third kappa shape index (κ3) is 3.50. The summed E-state index contributed by atoms with van der Waals surface area (Å²) in [6.45, 7) is 3.96. The van der Waals surface area contributed by atoms with Gasteiger partial charge in [0.25, 0.3) is 5.91 Å². The summed E-state index contributed by atoms with van der Waals surface area (Å²) in [4.78, 5) is 32.6. The zero-order chi connectivity index (χ0) is 26.6. The molecule has 38 heavy (non-hydrogen) atoms. The second-order valence-electron chi connectivity index (χ2n) is 9.39. The van der Waals surface area contributed by atoms with E-state index in [2.05, 4.69) is 11.9 Å². The number of aliphatic hydroxyl groups excluding tert-OH is 1. The lowest BCUT2D eigenvalue weighted by atomic mass is 9.92. The molecule has 0 aliphatic carbocycles. The van der Waals surface area contributed by atoms with Crippen molar-refractivity contribution in [2.75, 3.05) is 12.0 Å². The molecule has 0 saturated carbocycles. The number of ketones is 1. The van der Waals surface area contributed by atoms with Crippen LogP contribution in [0.25, 0.3) is 21.9 Å². The van der Waals surface area contributed by atoms with Gasteiger partial charge in [-0.05, 0) is 49.2 Å². The molecule has 7 heteroatoms. The number of benzene rings is 3. The molecule has 0 radical (unpaired) electrons. The maximum atomic E-state index is 14.1. The zero-order valence-corrected chi connectivity index (χ0v) is 21.2. The Morgan fingerprint density at radius 1 is 1.08 bits per heavy atom. The van der Waals surface area contributed by atoms with Gasteiger partial charge >= 0.3 is 0 Å². The maximum absolute atomic E-state index is 14.1. The van der Waals surface area contributed by atoms with E-state index in [1.807, 2.05) is 61.5 Å². The molecule has 1 atom stereocenters.